The molecular weight excluding hydrogens is 659 g/mol. The second kappa shape index (κ2) is 11.9. The number of carbonyl (C=O) groups is 1. The molecule has 2 aromatic heterocycles. The van der Waals surface area contributed by atoms with E-state index < -0.39 is 12.0 Å². The third-order valence-electron chi connectivity index (χ3n) is 6.66. The monoisotopic (exact) mass is 678 g/mol. The summed E-state index contributed by atoms with van der Waals surface area (Å²) in [6, 6.07) is 24.8. The fourth-order valence-electron chi connectivity index (χ4n) is 4.77. The molecule has 1 atom stereocenters. The summed E-state index contributed by atoms with van der Waals surface area (Å²) < 4.78 is 14.3. The molecule has 6 rings (SSSR count). The van der Waals surface area contributed by atoms with Gasteiger partial charge in [-0.25, -0.2) is 9.79 Å². The number of fused-ring (bicyclic) bond motifs is 1. The van der Waals surface area contributed by atoms with Crippen molar-refractivity contribution in [2.75, 3.05) is 6.61 Å². The molecule has 1 aliphatic heterocycles. The van der Waals surface area contributed by atoms with Crippen LogP contribution in [0.4, 0.5) is 0 Å². The number of benzene rings is 3. The molecule has 6 nitrogen and oxygen atoms in total. The van der Waals surface area contributed by atoms with Gasteiger partial charge in [0.1, 0.15) is 11.5 Å². The van der Waals surface area contributed by atoms with Gasteiger partial charge in [0, 0.05) is 26.7 Å². The largest absolute Gasteiger partial charge is 0.463 e. The number of ether oxygens (including phenoxy) is 1. The van der Waals surface area contributed by atoms with E-state index in [4.69, 9.17) is 37.3 Å². The Morgan fingerprint density at radius 1 is 1.05 bits per heavy atom. The second-order valence-corrected chi connectivity index (χ2v) is 12.0. The van der Waals surface area contributed by atoms with Crippen molar-refractivity contribution in [3.63, 3.8) is 0 Å². The zero-order valence-corrected chi connectivity index (χ0v) is 25.9. The van der Waals surface area contributed by atoms with Gasteiger partial charge in [0.25, 0.3) is 5.56 Å². The first kappa shape index (κ1) is 28.4. The summed E-state index contributed by atoms with van der Waals surface area (Å²) in [5, 5.41) is 1.10. The maximum Gasteiger partial charge on any atom is 0.338 e. The Balaban J connectivity index is 1.55. The highest BCUT2D eigenvalue weighted by atomic mass is 79.9. The number of aromatic nitrogens is 1. The van der Waals surface area contributed by atoms with Crippen molar-refractivity contribution in [1.82, 2.24) is 4.57 Å². The van der Waals surface area contributed by atoms with Crippen LogP contribution in [-0.2, 0) is 9.53 Å². The average molecular weight is 680 g/mol. The first-order valence-corrected chi connectivity index (χ1v) is 15.3. The zero-order valence-electron chi connectivity index (χ0n) is 22.0. The highest BCUT2D eigenvalue weighted by molar-refractivity contribution is 9.10. The van der Waals surface area contributed by atoms with Gasteiger partial charge in [-0.1, -0.05) is 83.1 Å². The van der Waals surface area contributed by atoms with Crippen molar-refractivity contribution in [3.05, 3.63) is 142 Å². The van der Waals surface area contributed by atoms with Crippen LogP contribution in [0.2, 0.25) is 10.0 Å². The molecule has 0 fully saturated rings. The first-order chi connectivity index (χ1) is 20.3. The van der Waals surface area contributed by atoms with Gasteiger partial charge in [0.15, 0.2) is 4.80 Å². The normalized spacial score (nSPS) is 15.0. The number of hydrogen-bond donors (Lipinski definition) is 0. The van der Waals surface area contributed by atoms with E-state index in [1.54, 1.807) is 49.4 Å². The average Bonchev–Trinajstić information content (AvgIpc) is 3.59. The highest BCUT2D eigenvalue weighted by Gasteiger charge is 2.35. The molecule has 0 spiro atoms. The molecule has 0 unspecified atom stereocenters. The Labute approximate surface area is 262 Å². The Morgan fingerprint density at radius 2 is 1.81 bits per heavy atom. The number of nitrogens with zero attached hydrogens (tertiary/aromatic N) is 2. The number of furan rings is 1. The molecule has 42 heavy (non-hydrogen) atoms. The van der Waals surface area contributed by atoms with E-state index in [1.165, 1.54) is 15.9 Å². The summed E-state index contributed by atoms with van der Waals surface area (Å²) in [5.41, 5.74) is 2.66. The van der Waals surface area contributed by atoms with Gasteiger partial charge in [0.05, 0.1) is 33.5 Å². The van der Waals surface area contributed by atoms with E-state index in [9.17, 15) is 9.59 Å². The van der Waals surface area contributed by atoms with Crippen molar-refractivity contribution >= 4 is 68.2 Å². The van der Waals surface area contributed by atoms with Crippen LogP contribution in [0.1, 0.15) is 29.9 Å². The van der Waals surface area contributed by atoms with Gasteiger partial charge in [-0.15, -0.1) is 0 Å². The number of thiazole rings is 1. The summed E-state index contributed by atoms with van der Waals surface area (Å²) >= 11 is 17.1. The molecule has 0 bridgehead atoms. The van der Waals surface area contributed by atoms with E-state index in [-0.39, 0.29) is 17.7 Å². The van der Waals surface area contributed by atoms with Gasteiger partial charge in [0.2, 0.25) is 0 Å². The van der Waals surface area contributed by atoms with Crippen LogP contribution < -0.4 is 14.9 Å². The number of esters is 1. The van der Waals surface area contributed by atoms with Crippen molar-refractivity contribution in [1.29, 1.82) is 0 Å². The molecule has 0 aliphatic carbocycles. The summed E-state index contributed by atoms with van der Waals surface area (Å²) in [5.74, 6) is 0.557. The summed E-state index contributed by atoms with van der Waals surface area (Å²) in [6.45, 7) is 1.92. The molecule has 5 aromatic rings. The fraction of sp³-hybridized carbons (Fsp3) is 0.0938. The first-order valence-electron chi connectivity index (χ1n) is 12.9. The van der Waals surface area contributed by atoms with Crippen LogP contribution in [0.15, 0.2) is 109 Å². The SMILES string of the molecule is CCOC(=O)C1=C(c2ccccc2)N=c2s/c(=C\c3ccc(-c4ccc(Br)c(Cl)c4)o3)c(=O)n2[C@@H]1c1ccc(Cl)cc1. The number of halogens is 3. The molecule has 0 N–H and O–H groups in total. The van der Waals surface area contributed by atoms with Crippen molar-refractivity contribution in [2.45, 2.75) is 13.0 Å². The Kier molecular flexibility index (Phi) is 8.05. The predicted molar refractivity (Wildman–Crippen MR) is 169 cm³/mol. The van der Waals surface area contributed by atoms with E-state index in [0.29, 0.717) is 42.2 Å². The van der Waals surface area contributed by atoms with Crippen molar-refractivity contribution in [3.8, 4) is 11.3 Å². The Hall–Kier alpha value is -3.69. The molecule has 0 amide bonds. The molecule has 3 aromatic carbocycles. The lowest BCUT2D eigenvalue weighted by Gasteiger charge is -2.25. The van der Waals surface area contributed by atoms with E-state index in [0.717, 1.165) is 15.6 Å². The number of carbonyl (C=O) groups excluding carboxylic acids is 1. The van der Waals surface area contributed by atoms with E-state index in [2.05, 4.69) is 15.9 Å². The molecule has 0 saturated heterocycles. The van der Waals surface area contributed by atoms with Crippen molar-refractivity contribution in [2.24, 2.45) is 4.99 Å². The fourth-order valence-corrected chi connectivity index (χ4v) is 6.30. The Morgan fingerprint density at radius 3 is 2.52 bits per heavy atom. The smallest absolute Gasteiger partial charge is 0.338 e. The zero-order chi connectivity index (χ0) is 29.4. The maximum atomic E-state index is 14.0. The van der Waals surface area contributed by atoms with Gasteiger partial charge < -0.3 is 9.15 Å². The van der Waals surface area contributed by atoms with Crippen LogP contribution in [0.25, 0.3) is 23.1 Å². The molecule has 10 heteroatoms. The summed E-state index contributed by atoms with van der Waals surface area (Å²) in [6.07, 6.45) is 1.68. The topological polar surface area (TPSA) is 73.8 Å². The number of hydrogen-bond acceptors (Lipinski definition) is 6. The minimum atomic E-state index is -0.785. The lowest BCUT2D eigenvalue weighted by molar-refractivity contribution is -0.138. The molecule has 1 aliphatic rings. The highest BCUT2D eigenvalue weighted by Crippen LogP contribution is 2.35. The maximum absolute atomic E-state index is 14.0. The third-order valence-corrected chi connectivity index (χ3v) is 9.13. The molecule has 210 valence electrons. The summed E-state index contributed by atoms with van der Waals surface area (Å²) in [4.78, 5) is 32.8. The Bertz CT molecular complexity index is 2030. The van der Waals surface area contributed by atoms with Gasteiger partial charge in [-0.05, 0) is 64.8 Å². The van der Waals surface area contributed by atoms with E-state index in [1.807, 2.05) is 48.5 Å². The third kappa shape index (κ3) is 5.43. The predicted octanol–water partition coefficient (Wildman–Crippen LogP) is 7.26. The van der Waals surface area contributed by atoms with Gasteiger partial charge in [-0.2, -0.15) is 0 Å². The van der Waals surface area contributed by atoms with E-state index >= 15 is 0 Å². The molecule has 0 radical (unpaired) electrons. The van der Waals surface area contributed by atoms with Crippen LogP contribution in [-0.4, -0.2) is 17.1 Å². The van der Waals surface area contributed by atoms with Gasteiger partial charge in [-0.3, -0.25) is 9.36 Å². The number of rotatable bonds is 6. The minimum absolute atomic E-state index is 0.173. The molecule has 0 saturated carbocycles. The lowest BCUT2D eigenvalue weighted by atomic mass is 9.93. The molecular formula is C32H21BrCl2N2O4S. The van der Waals surface area contributed by atoms with Gasteiger partial charge >= 0.3 is 5.97 Å². The minimum Gasteiger partial charge on any atom is -0.463 e. The van der Waals surface area contributed by atoms with Crippen LogP contribution >= 0.6 is 50.5 Å². The van der Waals surface area contributed by atoms with Crippen LogP contribution in [0.5, 0.6) is 0 Å². The summed E-state index contributed by atoms with van der Waals surface area (Å²) in [7, 11) is 0. The van der Waals surface area contributed by atoms with Crippen LogP contribution in [0.3, 0.4) is 0 Å². The van der Waals surface area contributed by atoms with Crippen molar-refractivity contribution < 1.29 is 13.9 Å². The molecule has 3 heterocycles. The lowest BCUT2D eigenvalue weighted by Crippen LogP contribution is -2.39. The van der Waals surface area contributed by atoms with Crippen LogP contribution in [0, 0.1) is 0 Å². The quantitative estimate of drug-likeness (QED) is 0.177. The standard InChI is InChI=1S/C32H21BrCl2N2O4S/c1-2-40-31(39)27-28(18-6-4-3-5-7-18)36-32-37(29(27)19-8-11-21(34)12-9-19)30(38)26(42-32)17-22-13-15-25(41-22)20-10-14-23(33)24(35)16-20/h3-17,29H,2H2,1H3/b26-17-/t29-/m1/s1. The second-order valence-electron chi connectivity index (χ2n) is 9.31.